The molecule has 4 nitrogen and oxygen atoms in total. The fourth-order valence-electron chi connectivity index (χ4n) is 3.19. The van der Waals surface area contributed by atoms with Crippen molar-refractivity contribution in [3.8, 4) is 11.5 Å². The molecule has 0 spiro atoms. The summed E-state index contributed by atoms with van der Waals surface area (Å²) in [4.78, 5) is 2.45. The van der Waals surface area contributed by atoms with Gasteiger partial charge < -0.3 is 14.8 Å². The SMILES string of the molecule is CNC1CCC(N(C)Cc2ccc(OC)cc2OC)CC1. The van der Waals surface area contributed by atoms with Gasteiger partial charge in [0.05, 0.1) is 14.2 Å². The lowest BCUT2D eigenvalue weighted by Crippen LogP contribution is -2.39. The number of nitrogens with one attached hydrogen (secondary N) is 1. The van der Waals surface area contributed by atoms with E-state index in [1.807, 2.05) is 12.1 Å². The fourth-order valence-corrected chi connectivity index (χ4v) is 3.19. The first-order valence-corrected chi connectivity index (χ1v) is 7.76. The number of hydrogen-bond donors (Lipinski definition) is 1. The van der Waals surface area contributed by atoms with Gasteiger partial charge in [-0.3, -0.25) is 4.90 Å². The molecule has 21 heavy (non-hydrogen) atoms. The molecule has 0 atom stereocenters. The second-order valence-electron chi connectivity index (χ2n) is 5.89. The maximum absolute atomic E-state index is 5.49. The Morgan fingerprint density at radius 2 is 1.86 bits per heavy atom. The summed E-state index contributed by atoms with van der Waals surface area (Å²) in [7, 11) is 7.68. The zero-order valence-corrected chi connectivity index (χ0v) is 13.7. The highest BCUT2D eigenvalue weighted by atomic mass is 16.5. The Hall–Kier alpha value is -1.26. The van der Waals surface area contributed by atoms with Gasteiger partial charge in [-0.15, -0.1) is 0 Å². The van der Waals surface area contributed by atoms with Gasteiger partial charge in [-0.05, 0) is 45.8 Å². The molecule has 1 saturated carbocycles. The van der Waals surface area contributed by atoms with Crippen molar-refractivity contribution in [1.82, 2.24) is 10.2 Å². The summed E-state index contributed by atoms with van der Waals surface area (Å²) >= 11 is 0. The maximum Gasteiger partial charge on any atom is 0.127 e. The highest BCUT2D eigenvalue weighted by Gasteiger charge is 2.23. The van der Waals surface area contributed by atoms with Crippen LogP contribution in [-0.2, 0) is 6.54 Å². The van der Waals surface area contributed by atoms with Crippen LogP contribution in [0, 0.1) is 0 Å². The zero-order chi connectivity index (χ0) is 15.2. The molecule has 1 fully saturated rings. The van der Waals surface area contributed by atoms with Gasteiger partial charge in [0, 0.05) is 30.3 Å². The van der Waals surface area contributed by atoms with Crippen LogP contribution >= 0.6 is 0 Å². The third-order valence-corrected chi connectivity index (χ3v) is 4.64. The molecular formula is C17H28N2O2. The van der Waals surface area contributed by atoms with Gasteiger partial charge in [0.25, 0.3) is 0 Å². The third kappa shape index (κ3) is 4.11. The summed E-state index contributed by atoms with van der Waals surface area (Å²) in [6.45, 7) is 0.919. The second-order valence-corrected chi connectivity index (χ2v) is 5.89. The van der Waals surface area contributed by atoms with Gasteiger partial charge in [0.1, 0.15) is 11.5 Å². The van der Waals surface area contributed by atoms with Crippen LogP contribution in [0.1, 0.15) is 31.2 Å². The Bertz CT molecular complexity index is 442. The molecule has 0 saturated heterocycles. The molecule has 4 heteroatoms. The minimum atomic E-state index is 0.668. The third-order valence-electron chi connectivity index (χ3n) is 4.64. The van der Waals surface area contributed by atoms with Gasteiger partial charge in [0.2, 0.25) is 0 Å². The Kier molecular flexibility index (Phi) is 5.88. The lowest BCUT2D eigenvalue weighted by Gasteiger charge is -2.34. The van der Waals surface area contributed by atoms with E-state index in [1.54, 1.807) is 14.2 Å². The quantitative estimate of drug-likeness (QED) is 0.874. The van der Waals surface area contributed by atoms with E-state index >= 15 is 0 Å². The summed E-state index contributed by atoms with van der Waals surface area (Å²) in [5.41, 5.74) is 1.22. The van der Waals surface area contributed by atoms with Crippen LogP contribution in [0.4, 0.5) is 0 Å². The van der Waals surface area contributed by atoms with Crippen molar-refractivity contribution in [2.24, 2.45) is 0 Å². The van der Waals surface area contributed by atoms with E-state index in [0.29, 0.717) is 12.1 Å². The monoisotopic (exact) mass is 292 g/mol. The molecule has 2 rings (SSSR count). The summed E-state index contributed by atoms with van der Waals surface area (Å²) in [6.07, 6.45) is 5.07. The smallest absolute Gasteiger partial charge is 0.127 e. The molecule has 0 radical (unpaired) electrons. The van der Waals surface area contributed by atoms with E-state index in [0.717, 1.165) is 18.0 Å². The average Bonchev–Trinajstić information content (AvgIpc) is 2.55. The van der Waals surface area contributed by atoms with Crippen LogP contribution in [0.25, 0.3) is 0 Å². The number of hydrogen-bond acceptors (Lipinski definition) is 4. The van der Waals surface area contributed by atoms with E-state index < -0.39 is 0 Å². The Labute approximate surface area is 128 Å². The fraction of sp³-hybridized carbons (Fsp3) is 0.647. The second kappa shape index (κ2) is 7.66. The lowest BCUT2D eigenvalue weighted by atomic mass is 9.90. The molecule has 1 aliphatic carbocycles. The standard InChI is InChI=1S/C17H28N2O2/c1-18-14-6-8-15(9-7-14)19(2)12-13-5-10-16(20-3)11-17(13)21-4/h5,10-11,14-15,18H,6-9,12H2,1-4H3. The first kappa shape index (κ1) is 16.1. The average molecular weight is 292 g/mol. The number of ether oxygens (including phenoxy) is 2. The van der Waals surface area contributed by atoms with Gasteiger partial charge >= 0.3 is 0 Å². The topological polar surface area (TPSA) is 33.7 Å². The minimum Gasteiger partial charge on any atom is -0.497 e. The van der Waals surface area contributed by atoms with Crippen molar-refractivity contribution < 1.29 is 9.47 Å². The van der Waals surface area contributed by atoms with Crippen molar-refractivity contribution in [1.29, 1.82) is 0 Å². The summed E-state index contributed by atoms with van der Waals surface area (Å²) in [5.74, 6) is 1.75. The molecule has 1 N–H and O–H groups in total. The molecule has 0 aromatic heterocycles. The van der Waals surface area contributed by atoms with Crippen LogP contribution in [-0.4, -0.2) is 45.3 Å². The van der Waals surface area contributed by atoms with Crippen molar-refractivity contribution in [2.75, 3.05) is 28.3 Å². The normalized spacial score (nSPS) is 22.3. The van der Waals surface area contributed by atoms with Gasteiger partial charge in [-0.2, -0.15) is 0 Å². The van der Waals surface area contributed by atoms with E-state index in [2.05, 4.69) is 30.4 Å². The number of methoxy groups -OCH3 is 2. The Balaban J connectivity index is 1.97. The predicted octanol–water partition coefficient (Wildman–Crippen LogP) is 2.67. The minimum absolute atomic E-state index is 0.668. The van der Waals surface area contributed by atoms with Gasteiger partial charge in [0.15, 0.2) is 0 Å². The van der Waals surface area contributed by atoms with Crippen molar-refractivity contribution >= 4 is 0 Å². The molecule has 0 heterocycles. The van der Waals surface area contributed by atoms with Crippen LogP contribution < -0.4 is 14.8 Å². The first-order valence-electron chi connectivity index (χ1n) is 7.76. The summed E-state index contributed by atoms with van der Waals surface area (Å²) in [6, 6.07) is 7.43. The zero-order valence-electron chi connectivity index (χ0n) is 13.7. The van der Waals surface area contributed by atoms with Crippen LogP contribution in [0.2, 0.25) is 0 Å². The van der Waals surface area contributed by atoms with Crippen LogP contribution in [0.15, 0.2) is 18.2 Å². The summed E-state index contributed by atoms with van der Waals surface area (Å²) in [5, 5.41) is 3.39. The Morgan fingerprint density at radius 1 is 1.14 bits per heavy atom. The lowest BCUT2D eigenvalue weighted by molar-refractivity contribution is 0.168. The molecule has 1 aromatic rings. The highest BCUT2D eigenvalue weighted by molar-refractivity contribution is 5.40. The van der Waals surface area contributed by atoms with Crippen LogP contribution in [0.3, 0.4) is 0 Å². The number of rotatable bonds is 6. The Morgan fingerprint density at radius 3 is 2.43 bits per heavy atom. The molecule has 1 aliphatic rings. The molecule has 118 valence electrons. The van der Waals surface area contributed by atoms with E-state index in [-0.39, 0.29) is 0 Å². The van der Waals surface area contributed by atoms with Crippen molar-refractivity contribution in [3.63, 3.8) is 0 Å². The maximum atomic E-state index is 5.49. The summed E-state index contributed by atoms with van der Waals surface area (Å²) < 4.78 is 10.8. The van der Waals surface area contributed by atoms with Crippen molar-refractivity contribution in [3.05, 3.63) is 23.8 Å². The van der Waals surface area contributed by atoms with E-state index in [9.17, 15) is 0 Å². The van der Waals surface area contributed by atoms with Crippen molar-refractivity contribution in [2.45, 2.75) is 44.3 Å². The molecule has 0 bridgehead atoms. The molecule has 0 aliphatic heterocycles. The van der Waals surface area contributed by atoms with E-state index in [4.69, 9.17) is 9.47 Å². The molecule has 1 aromatic carbocycles. The first-order chi connectivity index (χ1) is 10.2. The molecular weight excluding hydrogens is 264 g/mol. The predicted molar refractivity (Wildman–Crippen MR) is 86.1 cm³/mol. The van der Waals surface area contributed by atoms with Gasteiger partial charge in [-0.25, -0.2) is 0 Å². The van der Waals surface area contributed by atoms with E-state index in [1.165, 1.54) is 31.2 Å². The number of nitrogens with zero attached hydrogens (tertiary/aromatic N) is 1. The largest absolute Gasteiger partial charge is 0.497 e. The molecule has 0 unspecified atom stereocenters. The molecule has 0 amide bonds. The van der Waals surface area contributed by atoms with Gasteiger partial charge in [-0.1, -0.05) is 6.07 Å². The highest BCUT2D eigenvalue weighted by Crippen LogP contribution is 2.28. The van der Waals surface area contributed by atoms with Crippen LogP contribution in [0.5, 0.6) is 11.5 Å². The number of benzene rings is 1.